The maximum absolute atomic E-state index is 10.3. The highest BCUT2D eigenvalue weighted by molar-refractivity contribution is 5.66. The number of hydrogen-bond acceptors (Lipinski definition) is 3. The minimum atomic E-state index is 0.190. The molecule has 3 nitrogen and oxygen atoms in total. The molecular formula is C11H16O3. The van der Waals surface area contributed by atoms with Gasteiger partial charge >= 0.3 is 0 Å². The second-order valence-corrected chi connectivity index (χ2v) is 3.15. The first kappa shape index (κ1) is 11.0. The van der Waals surface area contributed by atoms with E-state index in [9.17, 15) is 4.79 Å². The van der Waals surface area contributed by atoms with Crippen molar-refractivity contribution in [3.8, 4) is 0 Å². The van der Waals surface area contributed by atoms with E-state index in [0.717, 1.165) is 25.7 Å². The Labute approximate surface area is 84.4 Å². The van der Waals surface area contributed by atoms with Crippen molar-refractivity contribution >= 4 is 6.29 Å². The molecule has 0 radical (unpaired) electrons. The molecule has 3 heteroatoms. The smallest absolute Gasteiger partial charge is 0.146 e. The summed E-state index contributed by atoms with van der Waals surface area (Å²) in [4.78, 5) is 10.3. The van der Waals surface area contributed by atoms with E-state index in [1.165, 1.54) is 6.08 Å². The third-order valence-electron chi connectivity index (χ3n) is 2.02. The number of allylic oxidation sites excluding steroid dienone is 3. The summed E-state index contributed by atoms with van der Waals surface area (Å²) in [6.07, 6.45) is 8.08. The summed E-state index contributed by atoms with van der Waals surface area (Å²) >= 11 is 0. The fourth-order valence-corrected chi connectivity index (χ4v) is 1.35. The average molecular weight is 196 g/mol. The standard InChI is InChI=1S/C11H16O3/c1-2-4-10(6-7-12)14-9-11-5-3-8-13-11/h2,4,6-7,11H,3,5,8-9H2,1H3/b4-2-,10-6+. The van der Waals surface area contributed by atoms with Crippen molar-refractivity contribution in [2.75, 3.05) is 13.2 Å². The van der Waals surface area contributed by atoms with Gasteiger partial charge in [0.05, 0.1) is 6.10 Å². The van der Waals surface area contributed by atoms with Gasteiger partial charge in [0.2, 0.25) is 0 Å². The molecule has 78 valence electrons. The van der Waals surface area contributed by atoms with E-state index in [0.29, 0.717) is 12.4 Å². The Bertz CT molecular complexity index is 225. The van der Waals surface area contributed by atoms with Gasteiger partial charge in [-0.05, 0) is 25.8 Å². The van der Waals surface area contributed by atoms with Crippen LogP contribution in [0.4, 0.5) is 0 Å². The highest BCUT2D eigenvalue weighted by atomic mass is 16.5. The number of rotatable bonds is 5. The molecule has 0 amide bonds. The number of carbonyl (C=O) groups excluding carboxylic acids is 1. The van der Waals surface area contributed by atoms with Crippen LogP contribution in [0.1, 0.15) is 19.8 Å². The van der Waals surface area contributed by atoms with E-state index in [1.54, 1.807) is 6.08 Å². The van der Waals surface area contributed by atoms with Crippen LogP contribution in [0.15, 0.2) is 24.0 Å². The first-order valence-corrected chi connectivity index (χ1v) is 4.89. The van der Waals surface area contributed by atoms with Crippen molar-refractivity contribution in [2.24, 2.45) is 0 Å². The molecule has 1 saturated heterocycles. The fourth-order valence-electron chi connectivity index (χ4n) is 1.35. The van der Waals surface area contributed by atoms with Gasteiger partial charge < -0.3 is 9.47 Å². The van der Waals surface area contributed by atoms with Gasteiger partial charge in [0.1, 0.15) is 18.7 Å². The molecule has 14 heavy (non-hydrogen) atoms. The third-order valence-corrected chi connectivity index (χ3v) is 2.02. The number of hydrogen-bond donors (Lipinski definition) is 0. The number of carbonyl (C=O) groups is 1. The minimum absolute atomic E-state index is 0.190. The monoisotopic (exact) mass is 196 g/mol. The molecule has 0 aromatic rings. The Morgan fingerprint density at radius 2 is 2.50 bits per heavy atom. The zero-order chi connectivity index (χ0) is 10.2. The van der Waals surface area contributed by atoms with Crippen LogP contribution in [0.2, 0.25) is 0 Å². The number of ether oxygens (including phenoxy) is 2. The van der Waals surface area contributed by atoms with Crippen LogP contribution in [-0.4, -0.2) is 25.6 Å². The van der Waals surface area contributed by atoms with Crippen LogP contribution >= 0.6 is 0 Å². The molecule has 1 fully saturated rings. The molecule has 0 bridgehead atoms. The van der Waals surface area contributed by atoms with Crippen molar-refractivity contribution in [2.45, 2.75) is 25.9 Å². The first-order valence-electron chi connectivity index (χ1n) is 4.89. The summed E-state index contributed by atoms with van der Waals surface area (Å²) in [5.41, 5.74) is 0. The molecule has 0 saturated carbocycles. The highest BCUT2D eigenvalue weighted by Gasteiger charge is 2.15. The summed E-state index contributed by atoms with van der Waals surface area (Å²) < 4.78 is 10.8. The molecule has 1 heterocycles. The second-order valence-electron chi connectivity index (χ2n) is 3.15. The second kappa shape index (κ2) is 6.38. The maximum Gasteiger partial charge on any atom is 0.146 e. The highest BCUT2D eigenvalue weighted by Crippen LogP contribution is 2.13. The normalized spacial score (nSPS) is 22.9. The Morgan fingerprint density at radius 1 is 1.64 bits per heavy atom. The minimum Gasteiger partial charge on any atom is -0.491 e. The van der Waals surface area contributed by atoms with Gasteiger partial charge in [-0.1, -0.05) is 6.08 Å². The van der Waals surface area contributed by atoms with E-state index in [4.69, 9.17) is 9.47 Å². The van der Waals surface area contributed by atoms with Crippen molar-refractivity contribution < 1.29 is 14.3 Å². The first-order chi connectivity index (χ1) is 6.86. The Balaban J connectivity index is 2.32. The van der Waals surface area contributed by atoms with Gasteiger partial charge in [0, 0.05) is 12.7 Å². The van der Waals surface area contributed by atoms with Gasteiger partial charge in [-0.3, -0.25) is 4.79 Å². The van der Waals surface area contributed by atoms with Crippen molar-refractivity contribution in [3.05, 3.63) is 24.0 Å². The zero-order valence-corrected chi connectivity index (χ0v) is 8.44. The molecule has 1 aliphatic heterocycles. The number of aldehydes is 1. The van der Waals surface area contributed by atoms with Crippen molar-refractivity contribution in [1.82, 2.24) is 0 Å². The molecule has 0 N–H and O–H groups in total. The van der Waals surface area contributed by atoms with Crippen molar-refractivity contribution in [1.29, 1.82) is 0 Å². The van der Waals surface area contributed by atoms with Gasteiger partial charge in [0.15, 0.2) is 0 Å². The predicted octanol–water partition coefficient (Wildman–Crippen LogP) is 1.84. The zero-order valence-electron chi connectivity index (χ0n) is 8.44. The quantitative estimate of drug-likeness (QED) is 0.291. The van der Waals surface area contributed by atoms with E-state index in [2.05, 4.69) is 0 Å². The van der Waals surface area contributed by atoms with E-state index in [-0.39, 0.29) is 6.10 Å². The fraction of sp³-hybridized carbons (Fsp3) is 0.545. The van der Waals surface area contributed by atoms with Crippen LogP contribution < -0.4 is 0 Å². The SMILES string of the molecule is C/C=C\C(=C/C=O)OCC1CCCO1. The van der Waals surface area contributed by atoms with Crippen molar-refractivity contribution in [3.63, 3.8) is 0 Å². The van der Waals surface area contributed by atoms with Gasteiger partial charge in [-0.2, -0.15) is 0 Å². The maximum atomic E-state index is 10.3. The summed E-state index contributed by atoms with van der Waals surface area (Å²) in [6, 6.07) is 0. The molecular weight excluding hydrogens is 180 g/mol. The van der Waals surface area contributed by atoms with Crippen LogP contribution in [0.5, 0.6) is 0 Å². The largest absolute Gasteiger partial charge is 0.491 e. The molecule has 0 aliphatic carbocycles. The lowest BCUT2D eigenvalue weighted by molar-refractivity contribution is -0.104. The summed E-state index contributed by atoms with van der Waals surface area (Å²) in [7, 11) is 0. The predicted molar refractivity (Wildman–Crippen MR) is 53.9 cm³/mol. The Hall–Kier alpha value is -1.09. The molecule has 0 aromatic carbocycles. The van der Waals surface area contributed by atoms with Gasteiger partial charge in [0.25, 0.3) is 0 Å². The van der Waals surface area contributed by atoms with E-state index in [1.807, 2.05) is 13.0 Å². The lowest BCUT2D eigenvalue weighted by Crippen LogP contribution is -2.13. The molecule has 1 atom stereocenters. The molecule has 1 aliphatic rings. The van der Waals surface area contributed by atoms with E-state index >= 15 is 0 Å². The average Bonchev–Trinajstić information content (AvgIpc) is 2.67. The van der Waals surface area contributed by atoms with Crippen LogP contribution in [0, 0.1) is 0 Å². The summed E-state index contributed by atoms with van der Waals surface area (Å²) in [5.74, 6) is 0.595. The van der Waals surface area contributed by atoms with Gasteiger partial charge in [-0.15, -0.1) is 0 Å². The summed E-state index contributed by atoms with van der Waals surface area (Å²) in [6.45, 7) is 3.24. The lowest BCUT2D eigenvalue weighted by Gasteiger charge is -2.11. The molecule has 0 aromatic heterocycles. The lowest BCUT2D eigenvalue weighted by atomic mass is 10.2. The Kier molecular flexibility index (Phi) is 5.00. The van der Waals surface area contributed by atoms with Crippen LogP contribution in [0.25, 0.3) is 0 Å². The van der Waals surface area contributed by atoms with Crippen LogP contribution in [0.3, 0.4) is 0 Å². The molecule has 1 rings (SSSR count). The topological polar surface area (TPSA) is 35.5 Å². The third kappa shape index (κ3) is 3.75. The molecule has 0 spiro atoms. The van der Waals surface area contributed by atoms with Gasteiger partial charge in [-0.25, -0.2) is 0 Å². The van der Waals surface area contributed by atoms with E-state index < -0.39 is 0 Å². The Morgan fingerprint density at radius 3 is 3.07 bits per heavy atom. The molecule has 1 unspecified atom stereocenters. The van der Waals surface area contributed by atoms with Crippen LogP contribution in [-0.2, 0) is 14.3 Å². The summed E-state index contributed by atoms with van der Waals surface area (Å²) in [5, 5.41) is 0.